The molecule has 0 bridgehead atoms. The molecule has 1 unspecified atom stereocenters. The van der Waals surface area contributed by atoms with Crippen LogP contribution in [0.15, 0.2) is 0 Å². The van der Waals surface area contributed by atoms with Gasteiger partial charge in [0.05, 0.1) is 6.61 Å². The van der Waals surface area contributed by atoms with Gasteiger partial charge < -0.3 is 5.11 Å². The molecule has 0 radical (unpaired) electrons. The molecule has 0 aliphatic carbocycles. The first kappa shape index (κ1) is 26.1. The lowest BCUT2D eigenvalue weighted by Crippen LogP contribution is -2.64. The van der Waals surface area contributed by atoms with Crippen LogP contribution in [-0.2, 0) is 0 Å². The third-order valence-corrected chi connectivity index (χ3v) is 7.85. The van der Waals surface area contributed by atoms with E-state index in [1.165, 1.54) is 6.42 Å². The van der Waals surface area contributed by atoms with Crippen molar-refractivity contribution in [3.8, 4) is 0 Å². The summed E-state index contributed by atoms with van der Waals surface area (Å²) in [6.07, 6.45) is 2.35. The van der Waals surface area contributed by atoms with E-state index in [0.29, 0.717) is 0 Å². The van der Waals surface area contributed by atoms with Crippen molar-refractivity contribution in [1.29, 1.82) is 0 Å². The Hall–Kier alpha value is -0.200. The van der Waals surface area contributed by atoms with E-state index in [1.807, 2.05) is 0 Å². The van der Waals surface area contributed by atoms with Crippen molar-refractivity contribution in [2.45, 2.75) is 110 Å². The van der Waals surface area contributed by atoms with Crippen molar-refractivity contribution in [1.82, 2.24) is 19.6 Å². The summed E-state index contributed by atoms with van der Waals surface area (Å²) in [5, 5.41) is 10.1. The Kier molecular flexibility index (Phi) is 8.12. The zero-order chi connectivity index (χ0) is 23.0. The van der Waals surface area contributed by atoms with E-state index in [0.717, 1.165) is 52.2 Å². The van der Waals surface area contributed by atoms with Crippen LogP contribution in [0.5, 0.6) is 0 Å². The molecule has 2 fully saturated rings. The molecule has 0 aromatic heterocycles. The van der Waals surface area contributed by atoms with Crippen LogP contribution >= 0.6 is 0 Å². The molecule has 2 rings (SSSR count). The highest BCUT2D eigenvalue weighted by molar-refractivity contribution is 4.97. The molecule has 1 N–H and O–H groups in total. The third kappa shape index (κ3) is 6.41. The predicted octanol–water partition coefficient (Wildman–Crippen LogP) is 3.52. The van der Waals surface area contributed by atoms with Gasteiger partial charge in [-0.3, -0.25) is 19.6 Å². The zero-order valence-corrected chi connectivity index (χ0v) is 21.9. The fourth-order valence-electron chi connectivity index (χ4n) is 5.31. The molecule has 5 heteroatoms. The maximum Gasteiger partial charge on any atom is 0.0599 e. The van der Waals surface area contributed by atoms with Gasteiger partial charge in [-0.05, 0) is 82.1 Å². The van der Waals surface area contributed by atoms with Crippen LogP contribution in [0.3, 0.4) is 0 Å². The first-order valence-electron chi connectivity index (χ1n) is 12.2. The molecular weight excluding hydrogens is 372 g/mol. The molecule has 2 saturated heterocycles. The van der Waals surface area contributed by atoms with Crippen LogP contribution in [0.1, 0.15) is 82.1 Å². The molecule has 0 aromatic rings. The minimum absolute atomic E-state index is 0.0991. The van der Waals surface area contributed by atoms with Crippen LogP contribution in [0.4, 0.5) is 0 Å². The van der Waals surface area contributed by atoms with Crippen LogP contribution in [-0.4, -0.2) is 105 Å². The van der Waals surface area contributed by atoms with Gasteiger partial charge in [-0.2, -0.15) is 0 Å². The van der Waals surface area contributed by atoms with E-state index < -0.39 is 0 Å². The summed E-state index contributed by atoms with van der Waals surface area (Å²) in [6, 6.07) is 0.228. The summed E-state index contributed by atoms with van der Waals surface area (Å²) >= 11 is 0. The van der Waals surface area contributed by atoms with E-state index in [9.17, 15) is 5.11 Å². The topological polar surface area (TPSA) is 33.2 Å². The van der Waals surface area contributed by atoms with Gasteiger partial charge >= 0.3 is 0 Å². The van der Waals surface area contributed by atoms with E-state index in [-0.39, 0.29) is 34.8 Å². The minimum Gasteiger partial charge on any atom is -0.395 e. The van der Waals surface area contributed by atoms with E-state index in [1.54, 1.807) is 0 Å². The lowest BCUT2D eigenvalue weighted by Gasteiger charge is -2.53. The molecule has 178 valence electrons. The van der Waals surface area contributed by atoms with Gasteiger partial charge in [0.2, 0.25) is 0 Å². The molecule has 2 aliphatic heterocycles. The summed E-state index contributed by atoms with van der Waals surface area (Å²) < 4.78 is 0. The summed E-state index contributed by atoms with van der Waals surface area (Å²) in [4.78, 5) is 10.4. The lowest BCUT2D eigenvalue weighted by molar-refractivity contribution is -0.0545. The molecule has 5 nitrogen and oxygen atoms in total. The summed E-state index contributed by atoms with van der Waals surface area (Å²) in [6.45, 7) is 31.4. The Morgan fingerprint density at radius 1 is 0.600 bits per heavy atom. The quantitative estimate of drug-likeness (QED) is 0.705. The average molecular weight is 425 g/mol. The van der Waals surface area contributed by atoms with Gasteiger partial charge in [0.1, 0.15) is 0 Å². The second kappa shape index (κ2) is 9.35. The van der Waals surface area contributed by atoms with E-state index in [4.69, 9.17) is 0 Å². The van der Waals surface area contributed by atoms with Gasteiger partial charge in [0.25, 0.3) is 0 Å². The van der Waals surface area contributed by atoms with Crippen LogP contribution in [0.25, 0.3) is 0 Å². The fourth-order valence-corrected chi connectivity index (χ4v) is 5.31. The Balaban J connectivity index is 1.95. The van der Waals surface area contributed by atoms with Gasteiger partial charge in [-0.25, -0.2) is 0 Å². The summed E-state index contributed by atoms with van der Waals surface area (Å²) in [5.74, 6) is 0. The normalized spacial score (nSPS) is 25.1. The smallest absolute Gasteiger partial charge is 0.0599 e. The standard InChI is InChI=1S/C25H52N4O/c1-22(2,3)26-13-15-27(16-14-26)24(7,8)11-12-25(9,10)29-18-17-28(23(4,5)6)19-21(29)20-30/h21,30H,11-20H2,1-10H3. The maximum atomic E-state index is 10.1. The second-order valence-corrected chi connectivity index (χ2v) is 12.9. The largest absolute Gasteiger partial charge is 0.395 e. The number of aliphatic hydroxyl groups is 1. The van der Waals surface area contributed by atoms with Gasteiger partial charge in [-0.15, -0.1) is 0 Å². The SMILES string of the molecule is CC(C)(C)N1CCN(C(C)(C)CCC(C)(C)N2CCN(C(C)(C)C)CC2CO)CC1. The van der Waals surface area contributed by atoms with Gasteiger partial charge in [-0.1, -0.05) is 0 Å². The first-order chi connectivity index (χ1) is 13.6. The second-order valence-electron chi connectivity index (χ2n) is 12.9. The van der Waals surface area contributed by atoms with Crippen LogP contribution < -0.4 is 0 Å². The number of rotatable bonds is 6. The Labute approximate surface area is 187 Å². The monoisotopic (exact) mass is 424 g/mol. The highest BCUT2D eigenvalue weighted by atomic mass is 16.3. The molecule has 2 heterocycles. The van der Waals surface area contributed by atoms with Gasteiger partial charge in [0, 0.05) is 74.0 Å². The molecule has 0 amide bonds. The predicted molar refractivity (Wildman–Crippen MR) is 129 cm³/mol. The van der Waals surface area contributed by atoms with Crippen LogP contribution in [0.2, 0.25) is 0 Å². The van der Waals surface area contributed by atoms with Crippen LogP contribution in [0, 0.1) is 0 Å². The number of hydrogen-bond donors (Lipinski definition) is 1. The Morgan fingerprint density at radius 2 is 1.03 bits per heavy atom. The molecule has 1 atom stereocenters. The lowest BCUT2D eigenvalue weighted by atomic mass is 9.85. The van der Waals surface area contributed by atoms with Crippen molar-refractivity contribution < 1.29 is 5.11 Å². The first-order valence-corrected chi connectivity index (χ1v) is 12.2. The molecule has 0 saturated carbocycles. The molecule has 0 spiro atoms. The van der Waals surface area contributed by atoms with Crippen molar-refractivity contribution in [2.75, 3.05) is 52.4 Å². The highest BCUT2D eigenvalue weighted by Crippen LogP contribution is 2.32. The molecular formula is C25H52N4O. The maximum absolute atomic E-state index is 10.1. The number of nitrogens with zero attached hydrogens (tertiary/aromatic N) is 4. The van der Waals surface area contributed by atoms with Crippen molar-refractivity contribution in [3.05, 3.63) is 0 Å². The van der Waals surface area contributed by atoms with E-state index in [2.05, 4.69) is 88.8 Å². The van der Waals surface area contributed by atoms with Gasteiger partial charge in [0.15, 0.2) is 0 Å². The highest BCUT2D eigenvalue weighted by Gasteiger charge is 2.40. The summed E-state index contributed by atoms with van der Waals surface area (Å²) in [7, 11) is 0. The molecule has 2 aliphatic rings. The third-order valence-electron chi connectivity index (χ3n) is 7.85. The number of piperazine rings is 2. The number of aliphatic hydroxyl groups excluding tert-OH is 1. The minimum atomic E-state index is 0.0991. The van der Waals surface area contributed by atoms with Crippen molar-refractivity contribution in [2.24, 2.45) is 0 Å². The average Bonchev–Trinajstić information content (AvgIpc) is 2.65. The fraction of sp³-hybridized carbons (Fsp3) is 1.00. The van der Waals surface area contributed by atoms with Crippen molar-refractivity contribution >= 4 is 0 Å². The number of hydrogen-bond acceptors (Lipinski definition) is 5. The summed E-state index contributed by atoms with van der Waals surface area (Å²) in [5.41, 5.74) is 0.749. The Bertz CT molecular complexity index is 538. The van der Waals surface area contributed by atoms with Crippen molar-refractivity contribution in [3.63, 3.8) is 0 Å². The molecule has 30 heavy (non-hydrogen) atoms. The zero-order valence-electron chi connectivity index (χ0n) is 21.9. The van der Waals surface area contributed by atoms with E-state index >= 15 is 0 Å². The Morgan fingerprint density at radius 3 is 1.50 bits per heavy atom. The molecule has 0 aromatic carbocycles.